The first kappa shape index (κ1) is 20.7. The Morgan fingerprint density at radius 2 is 1.71 bits per heavy atom. The lowest BCUT2D eigenvalue weighted by Gasteiger charge is -2.50. The van der Waals surface area contributed by atoms with Gasteiger partial charge in [0.15, 0.2) is 23.1 Å². The zero-order chi connectivity index (χ0) is 24.1. The molecule has 1 saturated carbocycles. The highest BCUT2D eigenvalue weighted by Crippen LogP contribution is 2.57. The molecule has 178 valence electrons. The summed E-state index contributed by atoms with van der Waals surface area (Å²) < 4.78 is 30.6. The van der Waals surface area contributed by atoms with Crippen LogP contribution in [0, 0.1) is 23.5 Å². The van der Waals surface area contributed by atoms with Gasteiger partial charge < -0.3 is 10.0 Å². The van der Waals surface area contributed by atoms with Gasteiger partial charge in [-0.1, -0.05) is 24.3 Å². The van der Waals surface area contributed by atoms with E-state index in [-0.39, 0.29) is 18.3 Å². The predicted molar refractivity (Wildman–Crippen MR) is 124 cm³/mol. The summed E-state index contributed by atoms with van der Waals surface area (Å²) in [6.45, 7) is 0.721. The summed E-state index contributed by atoms with van der Waals surface area (Å²) in [5.41, 5.74) is 1.89. The molecule has 2 atom stereocenters. The molecule has 2 aromatic carbocycles. The van der Waals surface area contributed by atoms with Gasteiger partial charge in [-0.3, -0.25) is 19.3 Å². The number of aromatic nitrogens is 1. The summed E-state index contributed by atoms with van der Waals surface area (Å²) in [4.78, 5) is 27.5. The van der Waals surface area contributed by atoms with Crippen molar-refractivity contribution in [1.82, 2.24) is 9.58 Å². The first-order valence-electron chi connectivity index (χ1n) is 12.0. The monoisotopic (exact) mass is 475 g/mol. The van der Waals surface area contributed by atoms with Gasteiger partial charge in [-0.2, -0.15) is 0 Å². The van der Waals surface area contributed by atoms with E-state index in [9.17, 15) is 23.5 Å². The van der Waals surface area contributed by atoms with E-state index >= 15 is 0 Å². The molecule has 2 unspecified atom stereocenters. The number of fused-ring (bicyclic) bond motifs is 6. The van der Waals surface area contributed by atoms with E-state index in [2.05, 4.69) is 6.07 Å². The number of nitrogens with zero attached hydrogens (tertiary/aromatic N) is 3. The highest BCUT2D eigenvalue weighted by Gasteiger charge is 2.59. The predicted octanol–water partition coefficient (Wildman–Crippen LogP) is 3.27. The van der Waals surface area contributed by atoms with Gasteiger partial charge in [0.25, 0.3) is 5.91 Å². The molecule has 1 aliphatic heterocycles. The Morgan fingerprint density at radius 1 is 0.971 bits per heavy atom. The Balaban J connectivity index is 1.53. The normalized spacial score (nSPS) is 24.3. The number of pyridine rings is 1. The van der Waals surface area contributed by atoms with Crippen molar-refractivity contribution in [3.05, 3.63) is 98.5 Å². The largest absolute Gasteiger partial charge is 0.502 e. The molecule has 8 heteroatoms. The maximum Gasteiger partial charge on any atom is 0.277 e. The minimum absolute atomic E-state index is 0.0403. The van der Waals surface area contributed by atoms with Crippen molar-refractivity contribution in [3.8, 4) is 5.75 Å². The van der Waals surface area contributed by atoms with Crippen LogP contribution in [0.2, 0.25) is 0 Å². The van der Waals surface area contributed by atoms with Gasteiger partial charge in [0.05, 0.1) is 0 Å². The van der Waals surface area contributed by atoms with Crippen molar-refractivity contribution >= 4 is 5.91 Å². The molecule has 0 saturated heterocycles. The van der Waals surface area contributed by atoms with E-state index in [4.69, 9.17) is 0 Å². The van der Waals surface area contributed by atoms with Gasteiger partial charge in [-0.15, -0.1) is 0 Å². The van der Waals surface area contributed by atoms with Crippen molar-refractivity contribution in [3.63, 3.8) is 0 Å². The fraction of sp³-hybridized carbons (Fsp3) is 0.333. The van der Waals surface area contributed by atoms with Crippen LogP contribution in [-0.2, 0) is 18.4 Å². The molecule has 0 spiro atoms. The number of hydrogen-bond donors (Lipinski definition) is 1. The summed E-state index contributed by atoms with van der Waals surface area (Å²) in [6, 6.07) is 11.8. The van der Waals surface area contributed by atoms with Crippen LogP contribution in [0.15, 0.2) is 53.5 Å². The molecule has 1 fully saturated rings. The zero-order valence-corrected chi connectivity index (χ0v) is 18.9. The van der Waals surface area contributed by atoms with Crippen molar-refractivity contribution in [2.75, 3.05) is 18.2 Å². The van der Waals surface area contributed by atoms with E-state index in [1.807, 2.05) is 23.2 Å². The van der Waals surface area contributed by atoms with Gasteiger partial charge >= 0.3 is 0 Å². The number of benzene rings is 2. The second-order valence-corrected chi connectivity index (χ2v) is 10.2. The lowest BCUT2D eigenvalue weighted by Crippen LogP contribution is -2.63. The van der Waals surface area contributed by atoms with Crippen LogP contribution < -0.4 is 10.4 Å². The standard InChI is InChI=1S/C27H23F2N3O3/c28-21-11-17-10-18-9-16-3-1-2-4-19(16)27(18,20(17)12-22(21)29)32-14-30(13-15-5-6-15)26(35)24-25(34)23(33)7-8-31(24)32/h1-4,7-8,11-12,15,18,34H,5-6,9-10,13-14H2. The van der Waals surface area contributed by atoms with Gasteiger partial charge in [-0.05, 0) is 66.0 Å². The molecule has 7 rings (SSSR count). The van der Waals surface area contributed by atoms with Crippen molar-refractivity contribution < 1.29 is 18.7 Å². The molecule has 35 heavy (non-hydrogen) atoms. The summed E-state index contributed by atoms with van der Waals surface area (Å²) >= 11 is 0. The SMILES string of the molecule is O=C1c2c(O)c(=O)ccn2N(C23c4ccccc4CC2Cc2cc(F)c(F)cc23)CN1CC1CC1. The highest BCUT2D eigenvalue weighted by atomic mass is 19.2. The maximum atomic E-state index is 14.7. The van der Waals surface area contributed by atoms with Crippen molar-refractivity contribution in [1.29, 1.82) is 0 Å². The summed E-state index contributed by atoms with van der Waals surface area (Å²) in [5.74, 6) is -2.44. The lowest BCUT2D eigenvalue weighted by molar-refractivity contribution is 0.0637. The number of aromatic hydroxyl groups is 1. The molecule has 1 amide bonds. The molecule has 0 bridgehead atoms. The average Bonchev–Trinajstić information content (AvgIpc) is 3.53. The fourth-order valence-corrected chi connectivity index (χ4v) is 6.55. The van der Waals surface area contributed by atoms with Crippen LogP contribution in [0.25, 0.3) is 0 Å². The fourth-order valence-electron chi connectivity index (χ4n) is 6.55. The topological polar surface area (TPSA) is 65.8 Å². The van der Waals surface area contributed by atoms with Gasteiger partial charge in [0.1, 0.15) is 12.2 Å². The van der Waals surface area contributed by atoms with Crippen LogP contribution in [0.1, 0.15) is 45.6 Å². The highest BCUT2D eigenvalue weighted by molar-refractivity contribution is 5.96. The molecular weight excluding hydrogens is 452 g/mol. The van der Waals surface area contributed by atoms with E-state index < -0.39 is 34.3 Å². The molecule has 3 aliphatic carbocycles. The summed E-state index contributed by atoms with van der Waals surface area (Å²) in [6.07, 6.45) is 4.83. The Kier molecular flexibility index (Phi) is 4.09. The second-order valence-electron chi connectivity index (χ2n) is 10.2. The number of carbonyl (C=O) groups excluding carboxylic acids is 1. The molecule has 3 aromatic rings. The third-order valence-corrected chi connectivity index (χ3v) is 8.20. The maximum absolute atomic E-state index is 14.7. The van der Waals surface area contributed by atoms with Gasteiger partial charge in [0.2, 0.25) is 5.43 Å². The van der Waals surface area contributed by atoms with Gasteiger partial charge in [-0.25, -0.2) is 8.78 Å². The van der Waals surface area contributed by atoms with Crippen LogP contribution in [0.5, 0.6) is 5.75 Å². The molecule has 4 aliphatic rings. The minimum Gasteiger partial charge on any atom is -0.502 e. The lowest BCUT2D eigenvalue weighted by atomic mass is 9.81. The Hall–Kier alpha value is -3.68. The number of rotatable bonds is 3. The third kappa shape index (κ3) is 2.68. The molecule has 0 radical (unpaired) electrons. The van der Waals surface area contributed by atoms with E-state index in [1.165, 1.54) is 24.4 Å². The third-order valence-electron chi connectivity index (χ3n) is 8.20. The number of carbonyl (C=O) groups is 1. The first-order valence-corrected chi connectivity index (χ1v) is 12.0. The average molecular weight is 475 g/mol. The van der Waals surface area contributed by atoms with Crippen molar-refractivity contribution in [2.45, 2.75) is 31.2 Å². The van der Waals surface area contributed by atoms with E-state index in [0.717, 1.165) is 29.5 Å². The Labute approximate surface area is 200 Å². The van der Waals surface area contributed by atoms with Gasteiger partial charge in [0, 0.05) is 24.7 Å². The number of hydrogen-bond acceptors (Lipinski definition) is 4. The van der Waals surface area contributed by atoms with Crippen molar-refractivity contribution in [2.24, 2.45) is 11.8 Å². The molecular formula is C27H23F2N3O3. The second kappa shape index (κ2) is 6.93. The van der Waals surface area contributed by atoms with Crippen LogP contribution in [0.4, 0.5) is 8.78 Å². The first-order chi connectivity index (χ1) is 16.9. The smallest absolute Gasteiger partial charge is 0.277 e. The van der Waals surface area contributed by atoms with E-state index in [0.29, 0.717) is 30.9 Å². The number of amides is 1. The van der Waals surface area contributed by atoms with Crippen LogP contribution >= 0.6 is 0 Å². The Bertz CT molecular complexity index is 1480. The van der Waals surface area contributed by atoms with Crippen LogP contribution in [-0.4, -0.2) is 33.8 Å². The molecule has 1 aromatic heterocycles. The Morgan fingerprint density at radius 3 is 2.51 bits per heavy atom. The molecule has 6 nitrogen and oxygen atoms in total. The quantitative estimate of drug-likeness (QED) is 0.632. The van der Waals surface area contributed by atoms with E-state index in [1.54, 1.807) is 9.58 Å². The summed E-state index contributed by atoms with van der Waals surface area (Å²) in [7, 11) is 0. The molecule has 2 heterocycles. The summed E-state index contributed by atoms with van der Waals surface area (Å²) in [5, 5.41) is 12.7. The molecule has 1 N–H and O–H groups in total. The number of halogens is 2. The zero-order valence-electron chi connectivity index (χ0n) is 18.9. The minimum atomic E-state index is -0.918. The van der Waals surface area contributed by atoms with Crippen LogP contribution in [0.3, 0.4) is 0 Å².